The number of hydrogen-bond donors (Lipinski definition) is 1. The van der Waals surface area contributed by atoms with Crippen molar-refractivity contribution in [1.82, 2.24) is 0 Å². The summed E-state index contributed by atoms with van der Waals surface area (Å²) < 4.78 is 10.3. The molecular formula is C22H38O6. The van der Waals surface area contributed by atoms with E-state index >= 15 is 0 Å². The van der Waals surface area contributed by atoms with Crippen molar-refractivity contribution in [2.75, 3.05) is 13.2 Å². The highest BCUT2D eigenvalue weighted by molar-refractivity contribution is 5.86. The maximum Gasteiger partial charge on any atom is 0.333 e. The fraction of sp³-hybridized carbons (Fsp3) is 0.773. The van der Waals surface area contributed by atoms with E-state index in [2.05, 4.69) is 6.58 Å². The second-order valence-corrected chi connectivity index (χ2v) is 7.27. The van der Waals surface area contributed by atoms with Crippen LogP contribution in [0.4, 0.5) is 0 Å². The summed E-state index contributed by atoms with van der Waals surface area (Å²) >= 11 is 0. The lowest BCUT2D eigenvalue weighted by Crippen LogP contribution is -2.06. The summed E-state index contributed by atoms with van der Waals surface area (Å²) in [5, 5.41) is 8.53. The van der Waals surface area contributed by atoms with Crippen LogP contribution in [0.2, 0.25) is 0 Å². The van der Waals surface area contributed by atoms with Gasteiger partial charge in [0.25, 0.3) is 0 Å². The lowest BCUT2D eigenvalue weighted by Gasteiger charge is -2.06. The van der Waals surface area contributed by atoms with E-state index in [4.69, 9.17) is 14.6 Å². The number of esters is 2. The molecule has 28 heavy (non-hydrogen) atoms. The third-order valence-corrected chi connectivity index (χ3v) is 4.40. The van der Waals surface area contributed by atoms with Crippen molar-refractivity contribution in [3.8, 4) is 0 Å². The van der Waals surface area contributed by atoms with Crippen LogP contribution in [-0.4, -0.2) is 36.2 Å². The Hall–Kier alpha value is -1.85. The molecule has 6 nitrogen and oxygen atoms in total. The molecular weight excluding hydrogens is 360 g/mol. The molecule has 1 N–H and O–H groups in total. The molecule has 6 heteroatoms. The first-order valence-corrected chi connectivity index (χ1v) is 10.6. The normalized spacial score (nSPS) is 10.5. The molecule has 0 fully saturated rings. The highest BCUT2D eigenvalue weighted by Crippen LogP contribution is 2.10. The van der Waals surface area contributed by atoms with E-state index in [1.807, 2.05) is 0 Å². The Labute approximate surface area is 169 Å². The fourth-order valence-corrected chi connectivity index (χ4v) is 2.71. The van der Waals surface area contributed by atoms with Crippen molar-refractivity contribution in [2.45, 2.75) is 96.8 Å². The maximum atomic E-state index is 11.6. The molecule has 0 aromatic carbocycles. The minimum absolute atomic E-state index is 0.148. The van der Waals surface area contributed by atoms with Crippen molar-refractivity contribution in [1.29, 1.82) is 0 Å². The van der Waals surface area contributed by atoms with Crippen molar-refractivity contribution in [3.63, 3.8) is 0 Å². The van der Waals surface area contributed by atoms with Gasteiger partial charge >= 0.3 is 17.9 Å². The van der Waals surface area contributed by atoms with Gasteiger partial charge in [0.2, 0.25) is 0 Å². The summed E-state index contributed by atoms with van der Waals surface area (Å²) in [4.78, 5) is 33.1. The molecule has 0 bridgehead atoms. The van der Waals surface area contributed by atoms with Crippen LogP contribution >= 0.6 is 0 Å². The van der Waals surface area contributed by atoms with E-state index < -0.39 is 5.97 Å². The standard InChI is InChI=1S/C22H38O6/c1-19(2)22(26)28-18-14-10-6-4-3-5-9-13-17-27-21(25)16-12-8-7-11-15-20(23)24/h1,3-18H2,2H3,(H,23,24). The molecule has 0 saturated carbocycles. The van der Waals surface area contributed by atoms with Crippen LogP contribution in [0.3, 0.4) is 0 Å². The molecule has 0 heterocycles. The number of carboxylic acids is 1. The van der Waals surface area contributed by atoms with Crippen LogP contribution < -0.4 is 0 Å². The number of rotatable bonds is 19. The van der Waals surface area contributed by atoms with Crippen LogP contribution in [0.1, 0.15) is 96.8 Å². The first kappa shape index (κ1) is 26.1. The summed E-state index contributed by atoms with van der Waals surface area (Å²) in [6, 6.07) is 0. The highest BCUT2D eigenvalue weighted by Gasteiger charge is 2.04. The summed E-state index contributed by atoms with van der Waals surface area (Å²) in [7, 11) is 0. The van der Waals surface area contributed by atoms with E-state index in [0.29, 0.717) is 31.6 Å². The first-order chi connectivity index (χ1) is 13.4. The van der Waals surface area contributed by atoms with Crippen molar-refractivity contribution in [2.24, 2.45) is 0 Å². The number of carbonyl (C=O) groups excluding carboxylic acids is 2. The SMILES string of the molecule is C=C(C)C(=O)OCCCCCCCCCCOC(=O)CCCCCCC(=O)O. The van der Waals surface area contributed by atoms with Gasteiger partial charge in [0.15, 0.2) is 0 Å². The van der Waals surface area contributed by atoms with Gasteiger partial charge in [-0.2, -0.15) is 0 Å². The Morgan fingerprint density at radius 1 is 0.679 bits per heavy atom. The van der Waals surface area contributed by atoms with Crippen molar-refractivity contribution in [3.05, 3.63) is 12.2 Å². The monoisotopic (exact) mass is 398 g/mol. The van der Waals surface area contributed by atoms with Gasteiger partial charge in [0, 0.05) is 18.4 Å². The molecule has 0 atom stereocenters. The van der Waals surface area contributed by atoms with Crippen LogP contribution in [0.15, 0.2) is 12.2 Å². The quantitative estimate of drug-likeness (QED) is 0.183. The molecule has 0 saturated heterocycles. The third-order valence-electron chi connectivity index (χ3n) is 4.40. The maximum absolute atomic E-state index is 11.6. The molecule has 0 aromatic heterocycles. The smallest absolute Gasteiger partial charge is 0.333 e. The molecule has 0 unspecified atom stereocenters. The number of ether oxygens (including phenoxy) is 2. The summed E-state index contributed by atoms with van der Waals surface area (Å²) in [6.07, 6.45) is 12.4. The van der Waals surface area contributed by atoms with Gasteiger partial charge < -0.3 is 14.6 Å². The van der Waals surface area contributed by atoms with Crippen LogP contribution in [-0.2, 0) is 23.9 Å². The second kappa shape index (κ2) is 18.5. The topological polar surface area (TPSA) is 89.9 Å². The fourth-order valence-electron chi connectivity index (χ4n) is 2.71. The van der Waals surface area contributed by atoms with E-state index in [1.54, 1.807) is 6.92 Å². The van der Waals surface area contributed by atoms with Crippen LogP contribution in [0.25, 0.3) is 0 Å². The Bertz CT molecular complexity index is 458. The Kier molecular flexibility index (Phi) is 17.3. The molecule has 162 valence electrons. The highest BCUT2D eigenvalue weighted by atomic mass is 16.5. The van der Waals surface area contributed by atoms with E-state index in [1.165, 1.54) is 12.8 Å². The lowest BCUT2D eigenvalue weighted by molar-refractivity contribution is -0.144. The average Bonchev–Trinajstić information content (AvgIpc) is 2.64. The minimum Gasteiger partial charge on any atom is -0.481 e. The average molecular weight is 399 g/mol. The predicted octanol–water partition coefficient (Wildman–Crippen LogP) is 5.19. The van der Waals surface area contributed by atoms with E-state index in [0.717, 1.165) is 57.8 Å². The number of carboxylic acid groups (broad SMARTS) is 1. The molecule has 0 aliphatic rings. The lowest BCUT2D eigenvalue weighted by atomic mass is 10.1. The Morgan fingerprint density at radius 2 is 1.11 bits per heavy atom. The molecule has 0 aliphatic carbocycles. The summed E-state index contributed by atoms with van der Waals surface area (Å²) in [5.74, 6) is -1.22. The van der Waals surface area contributed by atoms with Crippen molar-refractivity contribution < 1.29 is 29.0 Å². The predicted molar refractivity (Wildman–Crippen MR) is 109 cm³/mol. The molecule has 0 rings (SSSR count). The first-order valence-electron chi connectivity index (χ1n) is 10.6. The van der Waals surface area contributed by atoms with Crippen LogP contribution in [0.5, 0.6) is 0 Å². The largest absolute Gasteiger partial charge is 0.481 e. The van der Waals surface area contributed by atoms with Gasteiger partial charge in [-0.25, -0.2) is 4.79 Å². The second-order valence-electron chi connectivity index (χ2n) is 7.27. The molecule has 0 spiro atoms. The molecule has 0 amide bonds. The number of unbranched alkanes of at least 4 members (excludes halogenated alkanes) is 10. The van der Waals surface area contributed by atoms with Gasteiger partial charge in [-0.15, -0.1) is 0 Å². The van der Waals surface area contributed by atoms with Crippen molar-refractivity contribution >= 4 is 17.9 Å². The zero-order valence-corrected chi connectivity index (χ0v) is 17.5. The molecule has 0 aliphatic heterocycles. The molecule has 0 aromatic rings. The van der Waals surface area contributed by atoms with Gasteiger partial charge in [-0.1, -0.05) is 57.9 Å². The zero-order chi connectivity index (χ0) is 21.0. The third kappa shape index (κ3) is 18.9. The number of carbonyl (C=O) groups is 3. The van der Waals surface area contributed by atoms with Gasteiger partial charge in [-0.3, -0.25) is 9.59 Å². The van der Waals surface area contributed by atoms with Gasteiger partial charge in [0.05, 0.1) is 13.2 Å². The molecule has 0 radical (unpaired) electrons. The van der Waals surface area contributed by atoms with E-state index in [-0.39, 0.29) is 18.4 Å². The number of aliphatic carboxylic acids is 1. The van der Waals surface area contributed by atoms with Gasteiger partial charge in [-0.05, 0) is 32.6 Å². The van der Waals surface area contributed by atoms with E-state index in [9.17, 15) is 14.4 Å². The van der Waals surface area contributed by atoms with Gasteiger partial charge in [0.1, 0.15) is 0 Å². The zero-order valence-electron chi connectivity index (χ0n) is 17.5. The van der Waals surface area contributed by atoms with Crippen LogP contribution in [0, 0.1) is 0 Å². The minimum atomic E-state index is -0.763. The summed E-state index contributed by atoms with van der Waals surface area (Å²) in [5.41, 5.74) is 0.443. The Morgan fingerprint density at radius 3 is 1.61 bits per heavy atom. The summed E-state index contributed by atoms with van der Waals surface area (Å²) in [6.45, 7) is 6.16. The number of hydrogen-bond acceptors (Lipinski definition) is 5. The Balaban J connectivity index is 3.24.